The van der Waals surface area contributed by atoms with Gasteiger partial charge < -0.3 is 9.94 Å². The number of benzene rings is 3. The minimum absolute atomic E-state index is 0.212. The van der Waals surface area contributed by atoms with E-state index in [1.807, 2.05) is 12.1 Å². The second kappa shape index (κ2) is 8.95. The van der Waals surface area contributed by atoms with E-state index in [2.05, 4.69) is 10.3 Å². The lowest BCUT2D eigenvalue weighted by molar-refractivity contribution is -0.129. The maximum Gasteiger partial charge on any atom is 0.365 e. The highest BCUT2D eigenvalue weighted by atomic mass is 16.7. The number of hydrogen-bond donors (Lipinski definition) is 1. The first-order valence-electron chi connectivity index (χ1n) is 10.1. The molecular weight excluding hydrogens is 406 g/mol. The average Bonchev–Trinajstić information content (AvgIpc) is 3.07. The van der Waals surface area contributed by atoms with Crippen molar-refractivity contribution in [2.24, 2.45) is 10.3 Å². The van der Waals surface area contributed by atoms with E-state index >= 15 is 0 Å². The third kappa shape index (κ3) is 4.19. The Kier molecular flexibility index (Phi) is 5.91. The molecule has 0 bridgehead atoms. The molecule has 0 saturated heterocycles. The standard InChI is InChI=1S/C25H21N3O4/c1-18-25(31,24(30)28(26-18)21-15-9-4-10-16-21)17-22(19-11-5-2-6-12-19)27-32-23(29)20-13-7-3-8-14-20/h2-16,31H,17H2,1H3/b27-22-. The van der Waals surface area contributed by atoms with Gasteiger partial charge in [0.05, 0.1) is 22.7 Å². The molecule has 1 N–H and O–H groups in total. The molecule has 160 valence electrons. The van der Waals surface area contributed by atoms with E-state index in [1.165, 1.54) is 5.01 Å². The lowest BCUT2D eigenvalue weighted by Crippen LogP contribution is -2.47. The van der Waals surface area contributed by atoms with Crippen LogP contribution in [0.3, 0.4) is 0 Å². The normalized spacial score (nSPS) is 18.4. The lowest BCUT2D eigenvalue weighted by Gasteiger charge is -2.23. The van der Waals surface area contributed by atoms with Crippen molar-refractivity contribution in [1.29, 1.82) is 0 Å². The van der Waals surface area contributed by atoms with Crippen LogP contribution in [0.25, 0.3) is 0 Å². The quantitative estimate of drug-likeness (QED) is 0.368. The molecule has 0 saturated carbocycles. The zero-order valence-corrected chi connectivity index (χ0v) is 17.4. The Morgan fingerprint density at radius 1 is 0.938 bits per heavy atom. The molecule has 4 rings (SSSR count). The number of hydrogen-bond acceptors (Lipinski definition) is 6. The Hall–Kier alpha value is -4.10. The van der Waals surface area contributed by atoms with Crippen LogP contribution >= 0.6 is 0 Å². The maximum absolute atomic E-state index is 13.2. The average molecular weight is 427 g/mol. The topological polar surface area (TPSA) is 91.6 Å². The van der Waals surface area contributed by atoms with Crippen LogP contribution in [0.4, 0.5) is 5.69 Å². The predicted molar refractivity (Wildman–Crippen MR) is 121 cm³/mol. The second-order valence-electron chi connectivity index (χ2n) is 7.32. The predicted octanol–water partition coefficient (Wildman–Crippen LogP) is 3.79. The summed E-state index contributed by atoms with van der Waals surface area (Å²) >= 11 is 0. The number of anilines is 1. The summed E-state index contributed by atoms with van der Waals surface area (Å²) in [5.41, 5.74) is 0.0397. The monoisotopic (exact) mass is 427 g/mol. The number of nitrogens with zero attached hydrogens (tertiary/aromatic N) is 3. The highest BCUT2D eigenvalue weighted by molar-refractivity contribution is 6.24. The highest BCUT2D eigenvalue weighted by Crippen LogP contribution is 2.30. The van der Waals surface area contributed by atoms with Crippen molar-refractivity contribution in [3.8, 4) is 0 Å². The molecule has 1 atom stereocenters. The fourth-order valence-electron chi connectivity index (χ4n) is 3.34. The summed E-state index contributed by atoms with van der Waals surface area (Å²) in [6.07, 6.45) is -0.212. The van der Waals surface area contributed by atoms with Gasteiger partial charge in [-0.15, -0.1) is 0 Å². The molecule has 0 fully saturated rings. The van der Waals surface area contributed by atoms with Crippen molar-refractivity contribution >= 4 is 29.0 Å². The summed E-state index contributed by atoms with van der Waals surface area (Å²) < 4.78 is 0. The molecule has 7 heteroatoms. The molecule has 7 nitrogen and oxygen atoms in total. The van der Waals surface area contributed by atoms with E-state index in [4.69, 9.17) is 4.84 Å². The zero-order chi connectivity index (χ0) is 22.6. The van der Waals surface area contributed by atoms with Crippen LogP contribution in [-0.4, -0.2) is 34.0 Å². The Balaban J connectivity index is 1.63. The first kappa shape index (κ1) is 21.1. The van der Waals surface area contributed by atoms with Gasteiger partial charge in [-0.25, -0.2) is 4.79 Å². The van der Waals surface area contributed by atoms with Crippen molar-refractivity contribution in [3.63, 3.8) is 0 Å². The van der Waals surface area contributed by atoms with Gasteiger partial charge >= 0.3 is 5.97 Å². The Labute approximate surface area is 185 Å². The van der Waals surface area contributed by atoms with Crippen LogP contribution in [0.1, 0.15) is 29.3 Å². The molecule has 1 heterocycles. The lowest BCUT2D eigenvalue weighted by atomic mass is 9.89. The van der Waals surface area contributed by atoms with Gasteiger partial charge in [-0.05, 0) is 36.8 Å². The number of oxime groups is 1. The molecule has 1 aliphatic rings. The van der Waals surface area contributed by atoms with E-state index in [1.54, 1.807) is 85.8 Å². The summed E-state index contributed by atoms with van der Waals surface area (Å²) in [4.78, 5) is 30.7. The van der Waals surface area contributed by atoms with E-state index in [-0.39, 0.29) is 17.8 Å². The molecule has 0 spiro atoms. The Morgan fingerprint density at radius 2 is 1.47 bits per heavy atom. The fourth-order valence-corrected chi connectivity index (χ4v) is 3.34. The SMILES string of the molecule is CC1=NN(c2ccccc2)C(=O)C1(O)C/C(=N/OC(=O)c1ccccc1)c1ccccc1. The van der Waals surface area contributed by atoms with Crippen LogP contribution < -0.4 is 5.01 Å². The van der Waals surface area contributed by atoms with Gasteiger partial charge in [0.1, 0.15) is 0 Å². The number of carbonyl (C=O) groups excluding carboxylic acids is 2. The zero-order valence-electron chi connectivity index (χ0n) is 17.4. The molecule has 0 radical (unpaired) electrons. The summed E-state index contributed by atoms with van der Waals surface area (Å²) in [6.45, 7) is 1.58. The third-order valence-electron chi connectivity index (χ3n) is 5.17. The maximum atomic E-state index is 13.2. The van der Waals surface area contributed by atoms with Crippen LogP contribution in [0.15, 0.2) is 101 Å². The molecule has 32 heavy (non-hydrogen) atoms. The first-order valence-corrected chi connectivity index (χ1v) is 10.1. The van der Waals surface area contributed by atoms with Crippen LogP contribution in [0, 0.1) is 0 Å². The van der Waals surface area contributed by atoms with Gasteiger partial charge in [-0.3, -0.25) is 4.79 Å². The number of carbonyl (C=O) groups is 2. The number of hydrazone groups is 1. The Morgan fingerprint density at radius 3 is 2.06 bits per heavy atom. The number of rotatable bonds is 6. The molecule has 1 unspecified atom stereocenters. The molecular formula is C25H21N3O4. The van der Waals surface area contributed by atoms with E-state index in [0.29, 0.717) is 16.8 Å². The summed E-state index contributed by atoms with van der Waals surface area (Å²) in [7, 11) is 0. The molecule has 1 aliphatic heterocycles. The minimum atomic E-state index is -1.93. The number of amides is 1. The molecule has 0 aromatic heterocycles. The molecule has 3 aromatic rings. The third-order valence-corrected chi connectivity index (χ3v) is 5.17. The van der Waals surface area contributed by atoms with E-state index < -0.39 is 17.5 Å². The van der Waals surface area contributed by atoms with Gasteiger partial charge in [0.2, 0.25) is 0 Å². The summed E-state index contributed by atoms with van der Waals surface area (Å²) in [5, 5.41) is 20.8. The number of para-hydroxylation sites is 1. The number of aliphatic hydroxyl groups is 1. The molecule has 1 amide bonds. The van der Waals surface area contributed by atoms with Crippen LogP contribution in [0.2, 0.25) is 0 Å². The summed E-state index contributed by atoms with van der Waals surface area (Å²) in [6, 6.07) is 26.2. The van der Waals surface area contributed by atoms with Gasteiger partial charge in [0.25, 0.3) is 5.91 Å². The Bertz CT molecular complexity index is 1180. The largest absolute Gasteiger partial charge is 0.374 e. The van der Waals surface area contributed by atoms with Crippen molar-refractivity contribution < 1.29 is 19.5 Å². The van der Waals surface area contributed by atoms with Crippen molar-refractivity contribution in [2.45, 2.75) is 18.9 Å². The van der Waals surface area contributed by atoms with Gasteiger partial charge in [0, 0.05) is 6.42 Å². The smallest absolute Gasteiger partial charge is 0.365 e. The molecule has 3 aromatic carbocycles. The highest BCUT2D eigenvalue weighted by Gasteiger charge is 2.49. The van der Waals surface area contributed by atoms with Gasteiger partial charge in [-0.1, -0.05) is 71.9 Å². The van der Waals surface area contributed by atoms with Crippen molar-refractivity contribution in [2.75, 3.05) is 5.01 Å². The van der Waals surface area contributed by atoms with Crippen LogP contribution in [-0.2, 0) is 9.63 Å². The second-order valence-corrected chi connectivity index (χ2v) is 7.32. The van der Waals surface area contributed by atoms with Gasteiger partial charge in [0.15, 0.2) is 5.60 Å². The van der Waals surface area contributed by atoms with Gasteiger partial charge in [-0.2, -0.15) is 10.1 Å². The minimum Gasteiger partial charge on any atom is -0.374 e. The van der Waals surface area contributed by atoms with E-state index in [0.717, 1.165) is 0 Å². The first-order chi connectivity index (χ1) is 15.5. The molecule has 0 aliphatic carbocycles. The van der Waals surface area contributed by atoms with Crippen molar-refractivity contribution in [3.05, 3.63) is 102 Å². The van der Waals surface area contributed by atoms with Crippen LogP contribution in [0.5, 0.6) is 0 Å². The van der Waals surface area contributed by atoms with E-state index in [9.17, 15) is 14.7 Å². The van der Waals surface area contributed by atoms with Crippen molar-refractivity contribution in [1.82, 2.24) is 0 Å². The summed E-state index contributed by atoms with van der Waals surface area (Å²) in [5.74, 6) is -1.24. The fraction of sp³-hybridized carbons (Fsp3) is 0.120.